The molecule has 0 aliphatic heterocycles. The molecule has 0 aromatic heterocycles. The summed E-state index contributed by atoms with van der Waals surface area (Å²) < 4.78 is 5.07. The molecule has 0 aliphatic carbocycles. The van der Waals surface area contributed by atoms with Gasteiger partial charge in [-0.3, -0.25) is 4.79 Å². The lowest BCUT2D eigenvalue weighted by Gasteiger charge is -2.09. The normalized spacial score (nSPS) is 9.76. The van der Waals surface area contributed by atoms with Crippen molar-refractivity contribution in [3.63, 3.8) is 0 Å². The number of nitriles is 1. The fraction of sp³-hybridized carbons (Fsp3) is 0.0667. The van der Waals surface area contributed by atoms with E-state index in [9.17, 15) is 4.79 Å². The lowest BCUT2D eigenvalue weighted by molar-refractivity contribution is 0.102. The summed E-state index contributed by atoms with van der Waals surface area (Å²) in [6.07, 6.45) is 0. The molecule has 2 rings (SSSR count). The van der Waals surface area contributed by atoms with E-state index in [2.05, 4.69) is 5.32 Å². The van der Waals surface area contributed by atoms with E-state index in [1.165, 1.54) is 13.2 Å². The minimum absolute atomic E-state index is 0.283. The Morgan fingerprint density at radius 3 is 2.71 bits per heavy atom. The van der Waals surface area contributed by atoms with Crippen molar-refractivity contribution >= 4 is 28.9 Å². The lowest BCUT2D eigenvalue weighted by Crippen LogP contribution is -2.12. The SMILES string of the molecule is COc1cc(C(=O)Nc2ccc(C#N)c(Cl)c2)ccc1N. The Kier molecular flexibility index (Phi) is 4.31. The summed E-state index contributed by atoms with van der Waals surface area (Å²) in [5.41, 5.74) is 7.41. The molecule has 2 aromatic carbocycles. The zero-order chi connectivity index (χ0) is 15.4. The molecule has 5 nitrogen and oxygen atoms in total. The Balaban J connectivity index is 2.22. The van der Waals surface area contributed by atoms with Crippen LogP contribution in [0.25, 0.3) is 0 Å². The molecule has 6 heteroatoms. The summed E-state index contributed by atoms with van der Waals surface area (Å²) in [6, 6.07) is 11.4. The monoisotopic (exact) mass is 301 g/mol. The van der Waals surface area contributed by atoms with Gasteiger partial charge >= 0.3 is 0 Å². The van der Waals surface area contributed by atoms with Gasteiger partial charge in [0.05, 0.1) is 23.4 Å². The number of rotatable bonds is 3. The molecule has 0 atom stereocenters. The van der Waals surface area contributed by atoms with Gasteiger partial charge in [-0.25, -0.2) is 0 Å². The lowest BCUT2D eigenvalue weighted by atomic mass is 10.1. The third-order valence-corrected chi connectivity index (χ3v) is 3.16. The number of carbonyl (C=O) groups excluding carboxylic acids is 1. The molecule has 0 bridgehead atoms. The van der Waals surface area contributed by atoms with Gasteiger partial charge in [-0.2, -0.15) is 5.26 Å². The number of carbonyl (C=O) groups is 1. The Bertz CT molecular complexity index is 738. The quantitative estimate of drug-likeness (QED) is 0.853. The highest BCUT2D eigenvalue weighted by Crippen LogP contribution is 2.24. The fourth-order valence-corrected chi connectivity index (χ4v) is 1.96. The molecule has 0 fully saturated rings. The third-order valence-electron chi connectivity index (χ3n) is 2.84. The van der Waals surface area contributed by atoms with Gasteiger partial charge in [0, 0.05) is 11.3 Å². The van der Waals surface area contributed by atoms with Crippen molar-refractivity contribution in [1.29, 1.82) is 5.26 Å². The molecule has 0 aliphatic rings. The maximum absolute atomic E-state index is 12.1. The molecule has 0 saturated carbocycles. The van der Waals surface area contributed by atoms with Crippen molar-refractivity contribution in [3.8, 4) is 11.8 Å². The van der Waals surface area contributed by atoms with Crippen LogP contribution in [0.1, 0.15) is 15.9 Å². The number of ether oxygens (including phenoxy) is 1. The second kappa shape index (κ2) is 6.16. The molecule has 2 aromatic rings. The van der Waals surface area contributed by atoms with Crippen LogP contribution in [0.4, 0.5) is 11.4 Å². The summed E-state index contributed by atoms with van der Waals surface area (Å²) in [5, 5.41) is 11.8. The Labute approximate surface area is 126 Å². The number of hydrogen-bond donors (Lipinski definition) is 2. The molecule has 0 unspecified atom stereocenters. The molecule has 21 heavy (non-hydrogen) atoms. The van der Waals surface area contributed by atoms with E-state index < -0.39 is 0 Å². The highest BCUT2D eigenvalue weighted by Gasteiger charge is 2.10. The van der Waals surface area contributed by atoms with Crippen LogP contribution in [0.15, 0.2) is 36.4 Å². The third kappa shape index (κ3) is 3.25. The Morgan fingerprint density at radius 2 is 2.10 bits per heavy atom. The molecule has 0 heterocycles. The summed E-state index contributed by atoms with van der Waals surface area (Å²) in [7, 11) is 1.48. The van der Waals surface area contributed by atoms with Gasteiger partial charge in [0.25, 0.3) is 5.91 Å². The molecule has 0 saturated heterocycles. The van der Waals surface area contributed by atoms with Crippen molar-refractivity contribution in [1.82, 2.24) is 0 Å². The van der Waals surface area contributed by atoms with E-state index >= 15 is 0 Å². The van der Waals surface area contributed by atoms with Crippen molar-refractivity contribution in [2.75, 3.05) is 18.2 Å². The molecule has 3 N–H and O–H groups in total. The zero-order valence-electron chi connectivity index (χ0n) is 11.2. The highest BCUT2D eigenvalue weighted by atomic mass is 35.5. The second-order valence-electron chi connectivity index (χ2n) is 4.22. The Hall–Kier alpha value is -2.71. The van der Waals surface area contributed by atoms with Crippen LogP contribution >= 0.6 is 11.6 Å². The number of nitrogens with two attached hydrogens (primary N) is 1. The van der Waals surface area contributed by atoms with Gasteiger partial charge in [0.1, 0.15) is 11.8 Å². The minimum atomic E-state index is -0.325. The maximum atomic E-state index is 12.1. The number of benzene rings is 2. The number of hydrogen-bond acceptors (Lipinski definition) is 4. The summed E-state index contributed by atoms with van der Waals surface area (Å²) in [5.74, 6) is 0.106. The first kappa shape index (κ1) is 14.7. The van der Waals surface area contributed by atoms with E-state index in [4.69, 9.17) is 27.3 Å². The van der Waals surface area contributed by atoms with Crippen molar-refractivity contribution in [3.05, 3.63) is 52.5 Å². The van der Waals surface area contributed by atoms with Crippen molar-refractivity contribution < 1.29 is 9.53 Å². The van der Waals surface area contributed by atoms with Crippen LogP contribution in [0.3, 0.4) is 0 Å². The number of methoxy groups -OCH3 is 1. The standard InChI is InChI=1S/C15H12ClN3O2/c1-21-14-6-9(3-5-13(14)18)15(20)19-11-4-2-10(8-17)12(16)7-11/h2-7H,18H2,1H3,(H,19,20). The first-order valence-electron chi connectivity index (χ1n) is 5.99. The van der Waals surface area contributed by atoms with Crippen LogP contribution in [0.2, 0.25) is 5.02 Å². The molecule has 0 radical (unpaired) electrons. The first-order valence-corrected chi connectivity index (χ1v) is 6.37. The molecule has 0 spiro atoms. The van der Waals surface area contributed by atoms with Crippen LogP contribution in [-0.2, 0) is 0 Å². The number of anilines is 2. The van der Waals surface area contributed by atoms with Gasteiger partial charge in [0.15, 0.2) is 0 Å². The van der Waals surface area contributed by atoms with Gasteiger partial charge in [-0.15, -0.1) is 0 Å². The van der Waals surface area contributed by atoms with Crippen LogP contribution in [-0.4, -0.2) is 13.0 Å². The van der Waals surface area contributed by atoms with Crippen molar-refractivity contribution in [2.45, 2.75) is 0 Å². The summed E-state index contributed by atoms with van der Waals surface area (Å²) >= 11 is 5.92. The highest BCUT2D eigenvalue weighted by molar-refractivity contribution is 6.32. The van der Waals surface area contributed by atoms with Crippen LogP contribution in [0, 0.1) is 11.3 Å². The summed E-state index contributed by atoms with van der Waals surface area (Å²) in [4.78, 5) is 12.1. The van der Waals surface area contributed by atoms with Crippen LogP contribution < -0.4 is 15.8 Å². The average molecular weight is 302 g/mol. The van der Waals surface area contributed by atoms with Crippen molar-refractivity contribution in [2.24, 2.45) is 0 Å². The topological polar surface area (TPSA) is 88.1 Å². The van der Waals surface area contributed by atoms with Gasteiger partial charge in [-0.1, -0.05) is 11.6 Å². The predicted molar refractivity (Wildman–Crippen MR) is 81.5 cm³/mol. The Morgan fingerprint density at radius 1 is 1.33 bits per heavy atom. The largest absolute Gasteiger partial charge is 0.495 e. The van der Waals surface area contributed by atoms with E-state index in [-0.39, 0.29) is 10.9 Å². The van der Waals surface area contributed by atoms with E-state index in [1.54, 1.807) is 30.3 Å². The average Bonchev–Trinajstić information content (AvgIpc) is 2.48. The number of halogens is 1. The fourth-order valence-electron chi connectivity index (χ4n) is 1.74. The predicted octanol–water partition coefficient (Wildman–Crippen LogP) is 3.05. The zero-order valence-corrected chi connectivity index (χ0v) is 11.9. The first-order chi connectivity index (χ1) is 10.0. The number of nitrogen functional groups attached to an aromatic ring is 1. The van der Waals surface area contributed by atoms with Gasteiger partial charge in [-0.05, 0) is 36.4 Å². The van der Waals surface area contributed by atoms with Gasteiger partial charge in [0.2, 0.25) is 0 Å². The maximum Gasteiger partial charge on any atom is 0.255 e. The summed E-state index contributed by atoms with van der Waals surface area (Å²) in [6.45, 7) is 0. The molecular formula is C15H12ClN3O2. The molecule has 106 valence electrons. The number of amides is 1. The van der Waals surface area contributed by atoms with E-state index in [0.717, 1.165) is 0 Å². The minimum Gasteiger partial charge on any atom is -0.495 e. The van der Waals surface area contributed by atoms with E-state index in [0.29, 0.717) is 28.3 Å². The van der Waals surface area contributed by atoms with Gasteiger partial charge < -0.3 is 15.8 Å². The molecule has 1 amide bonds. The number of nitrogens with zero attached hydrogens (tertiary/aromatic N) is 1. The van der Waals surface area contributed by atoms with Crippen LogP contribution in [0.5, 0.6) is 5.75 Å². The molecular weight excluding hydrogens is 290 g/mol. The second-order valence-corrected chi connectivity index (χ2v) is 4.62. The smallest absolute Gasteiger partial charge is 0.255 e. The van der Waals surface area contributed by atoms with E-state index in [1.807, 2.05) is 6.07 Å². The number of nitrogens with one attached hydrogen (secondary N) is 1.